The van der Waals surface area contributed by atoms with Crippen molar-refractivity contribution in [1.29, 1.82) is 0 Å². The van der Waals surface area contributed by atoms with Gasteiger partial charge in [0.05, 0.1) is 5.01 Å². The lowest BCUT2D eigenvalue weighted by Gasteiger charge is -2.13. The topological polar surface area (TPSA) is 69.6 Å². The smallest absolute Gasteiger partial charge is 0.356 e. The van der Waals surface area contributed by atoms with Gasteiger partial charge in [-0.15, -0.1) is 35.3 Å². The van der Waals surface area contributed by atoms with Gasteiger partial charge in [-0.1, -0.05) is 30.3 Å². The Morgan fingerprint density at radius 3 is 2.33 bits per heavy atom. The Balaban J connectivity index is 0.00000450. The van der Waals surface area contributed by atoms with E-state index in [1.54, 1.807) is 14.1 Å². The number of nitrogens with one attached hydrogen (secondary N) is 2. The average molecular weight is 555 g/mol. The Morgan fingerprint density at radius 1 is 1.13 bits per heavy atom. The zero-order valence-corrected chi connectivity index (χ0v) is 19.8. The van der Waals surface area contributed by atoms with E-state index >= 15 is 0 Å². The molecule has 1 aromatic carbocycles. The number of hydrogen-bond donors (Lipinski definition) is 2. The molecular weight excluding hydrogens is 530 g/mol. The highest BCUT2D eigenvalue weighted by Crippen LogP contribution is 2.29. The summed E-state index contributed by atoms with van der Waals surface area (Å²) in [6.07, 6.45) is -3.34. The lowest BCUT2D eigenvalue weighted by Crippen LogP contribution is -2.40. The number of guanidine groups is 1. The number of likely N-dealkylation sites (N-methyl/N-ethyl adjacent to an activating group) is 1. The summed E-state index contributed by atoms with van der Waals surface area (Å²) in [6.45, 7) is 0.919. The molecular formula is C19H25F3IN5OS. The first-order valence-electron chi connectivity index (χ1n) is 9.03. The third-order valence-electron chi connectivity index (χ3n) is 3.89. The Kier molecular flexibility index (Phi) is 11.1. The second-order valence-corrected chi connectivity index (χ2v) is 7.36. The minimum atomic E-state index is -4.43. The SMILES string of the molecule is CN(C)C(=O)CN=C(NCCc1ccccc1)NCCc1nc(C(F)(F)F)cs1.I. The van der Waals surface area contributed by atoms with Crippen LogP contribution in [0.4, 0.5) is 13.2 Å². The van der Waals surface area contributed by atoms with E-state index in [1.807, 2.05) is 30.3 Å². The van der Waals surface area contributed by atoms with Crippen molar-refractivity contribution in [2.45, 2.75) is 19.0 Å². The number of carbonyl (C=O) groups excluding carboxylic acids is 1. The molecule has 0 saturated carbocycles. The molecule has 0 radical (unpaired) electrons. The van der Waals surface area contributed by atoms with Gasteiger partial charge in [0.25, 0.3) is 0 Å². The zero-order valence-electron chi connectivity index (χ0n) is 16.7. The van der Waals surface area contributed by atoms with Gasteiger partial charge in [-0.05, 0) is 12.0 Å². The van der Waals surface area contributed by atoms with Crippen LogP contribution in [0, 0.1) is 0 Å². The third kappa shape index (κ3) is 9.28. The van der Waals surface area contributed by atoms with E-state index in [0.717, 1.165) is 28.7 Å². The molecule has 6 nitrogen and oxygen atoms in total. The normalized spacial score (nSPS) is 11.6. The van der Waals surface area contributed by atoms with Crippen LogP contribution in [0.25, 0.3) is 0 Å². The number of alkyl halides is 3. The summed E-state index contributed by atoms with van der Waals surface area (Å²) < 4.78 is 37.9. The molecule has 1 amide bonds. The molecule has 0 aliphatic heterocycles. The molecule has 0 aliphatic rings. The highest BCUT2D eigenvalue weighted by molar-refractivity contribution is 14.0. The summed E-state index contributed by atoms with van der Waals surface area (Å²) in [6, 6.07) is 9.90. The van der Waals surface area contributed by atoms with E-state index < -0.39 is 11.9 Å². The Bertz CT molecular complexity index is 812. The quantitative estimate of drug-likeness (QED) is 0.299. The van der Waals surface area contributed by atoms with Crippen LogP contribution in [0.3, 0.4) is 0 Å². The van der Waals surface area contributed by atoms with Gasteiger partial charge in [-0.3, -0.25) is 4.79 Å². The molecule has 0 spiro atoms. The van der Waals surface area contributed by atoms with E-state index in [2.05, 4.69) is 20.6 Å². The summed E-state index contributed by atoms with van der Waals surface area (Å²) in [5, 5.41) is 7.60. The molecule has 0 bridgehead atoms. The largest absolute Gasteiger partial charge is 0.434 e. The van der Waals surface area contributed by atoms with Crippen molar-refractivity contribution in [3.8, 4) is 0 Å². The van der Waals surface area contributed by atoms with Crippen LogP contribution < -0.4 is 10.6 Å². The average Bonchev–Trinajstić information content (AvgIpc) is 3.15. The highest BCUT2D eigenvalue weighted by atomic mass is 127. The molecule has 0 aliphatic carbocycles. The fourth-order valence-corrected chi connectivity index (χ4v) is 3.08. The van der Waals surface area contributed by atoms with Crippen molar-refractivity contribution in [2.24, 2.45) is 4.99 Å². The number of aliphatic imine (C=N–C) groups is 1. The lowest BCUT2D eigenvalue weighted by molar-refractivity contribution is -0.140. The van der Waals surface area contributed by atoms with Crippen LogP contribution >= 0.6 is 35.3 Å². The number of nitrogens with zero attached hydrogens (tertiary/aromatic N) is 3. The van der Waals surface area contributed by atoms with Crippen LogP contribution in [-0.4, -0.2) is 55.5 Å². The van der Waals surface area contributed by atoms with Crippen LogP contribution in [0.2, 0.25) is 0 Å². The number of hydrogen-bond acceptors (Lipinski definition) is 4. The molecule has 2 N–H and O–H groups in total. The molecule has 11 heteroatoms. The summed E-state index contributed by atoms with van der Waals surface area (Å²) in [5.41, 5.74) is 0.287. The van der Waals surface area contributed by atoms with Crippen LogP contribution in [0.5, 0.6) is 0 Å². The molecule has 166 valence electrons. The summed E-state index contributed by atoms with van der Waals surface area (Å²) in [4.78, 5) is 21.1. The van der Waals surface area contributed by atoms with Gasteiger partial charge in [-0.2, -0.15) is 13.2 Å². The van der Waals surface area contributed by atoms with Crippen LogP contribution in [-0.2, 0) is 23.8 Å². The lowest BCUT2D eigenvalue weighted by atomic mass is 10.1. The second kappa shape index (κ2) is 12.7. The predicted octanol–water partition coefficient (Wildman–Crippen LogP) is 3.19. The number of carbonyl (C=O) groups is 1. The molecule has 1 aromatic heterocycles. The molecule has 0 atom stereocenters. The maximum absolute atomic E-state index is 12.6. The van der Waals surface area contributed by atoms with E-state index in [0.29, 0.717) is 30.5 Å². The maximum atomic E-state index is 12.6. The molecule has 0 unspecified atom stereocenters. The number of benzene rings is 1. The zero-order chi connectivity index (χ0) is 21.3. The first-order chi connectivity index (χ1) is 13.8. The van der Waals surface area contributed by atoms with Crippen molar-refractivity contribution in [3.63, 3.8) is 0 Å². The molecule has 30 heavy (non-hydrogen) atoms. The number of halogens is 4. The minimum absolute atomic E-state index is 0. The van der Waals surface area contributed by atoms with Gasteiger partial charge >= 0.3 is 6.18 Å². The maximum Gasteiger partial charge on any atom is 0.434 e. The van der Waals surface area contributed by atoms with Crippen molar-refractivity contribution < 1.29 is 18.0 Å². The standard InChI is InChI=1S/C19H24F3N5OS.HI/c1-27(2)17(28)12-25-18(23-10-8-14-6-4-3-5-7-14)24-11-9-16-26-15(13-29-16)19(20,21)22;/h3-7,13H,8-12H2,1-2H3,(H2,23,24,25);1H. The van der Waals surface area contributed by atoms with Gasteiger partial charge < -0.3 is 15.5 Å². The molecule has 0 saturated heterocycles. The van der Waals surface area contributed by atoms with E-state index in [4.69, 9.17) is 0 Å². The van der Waals surface area contributed by atoms with E-state index in [9.17, 15) is 18.0 Å². The fourth-order valence-electron chi connectivity index (χ4n) is 2.28. The fraction of sp³-hybridized carbons (Fsp3) is 0.421. The number of aromatic nitrogens is 1. The first kappa shape index (κ1) is 26.1. The predicted molar refractivity (Wildman–Crippen MR) is 123 cm³/mol. The Labute approximate surface area is 195 Å². The van der Waals surface area contributed by atoms with Gasteiger partial charge in [0.1, 0.15) is 6.54 Å². The number of thiazole rings is 1. The number of amides is 1. The second-order valence-electron chi connectivity index (χ2n) is 6.42. The Morgan fingerprint density at radius 2 is 1.77 bits per heavy atom. The van der Waals surface area contributed by atoms with Gasteiger partial charge in [0.15, 0.2) is 11.7 Å². The van der Waals surface area contributed by atoms with Crippen LogP contribution in [0.1, 0.15) is 16.3 Å². The molecule has 2 aromatic rings. The van der Waals surface area contributed by atoms with Gasteiger partial charge in [0, 0.05) is 39.0 Å². The number of rotatable bonds is 8. The van der Waals surface area contributed by atoms with Crippen molar-refractivity contribution in [1.82, 2.24) is 20.5 Å². The third-order valence-corrected chi connectivity index (χ3v) is 4.80. The van der Waals surface area contributed by atoms with Gasteiger partial charge in [-0.25, -0.2) is 9.98 Å². The van der Waals surface area contributed by atoms with E-state index in [1.165, 1.54) is 4.90 Å². The van der Waals surface area contributed by atoms with Crippen LogP contribution in [0.15, 0.2) is 40.7 Å². The van der Waals surface area contributed by atoms with Crippen molar-refractivity contribution in [2.75, 3.05) is 33.7 Å². The summed E-state index contributed by atoms with van der Waals surface area (Å²) >= 11 is 0.973. The molecule has 0 fully saturated rings. The monoisotopic (exact) mass is 555 g/mol. The summed E-state index contributed by atoms with van der Waals surface area (Å²) in [7, 11) is 3.29. The van der Waals surface area contributed by atoms with Crippen molar-refractivity contribution >= 4 is 47.2 Å². The molecule has 1 heterocycles. The van der Waals surface area contributed by atoms with Crippen molar-refractivity contribution in [3.05, 3.63) is 52.0 Å². The van der Waals surface area contributed by atoms with E-state index in [-0.39, 0.29) is 36.4 Å². The highest BCUT2D eigenvalue weighted by Gasteiger charge is 2.33. The van der Waals surface area contributed by atoms with Gasteiger partial charge in [0.2, 0.25) is 5.91 Å². The summed E-state index contributed by atoms with van der Waals surface area (Å²) in [5.74, 6) is 0.285. The minimum Gasteiger partial charge on any atom is -0.356 e. The molecule has 2 rings (SSSR count). The first-order valence-corrected chi connectivity index (χ1v) is 9.91. The Hall–Kier alpha value is -1.89.